The monoisotopic (exact) mass is 197 g/mol. The van der Waals surface area contributed by atoms with Gasteiger partial charge in [0.25, 0.3) is 0 Å². The molecule has 1 aliphatic rings. The highest BCUT2D eigenvalue weighted by Crippen LogP contribution is 2.35. The van der Waals surface area contributed by atoms with Crippen LogP contribution in [0.15, 0.2) is 0 Å². The lowest BCUT2D eigenvalue weighted by molar-refractivity contribution is -0.139. The number of rotatable bonds is 2. The predicted octanol–water partition coefficient (Wildman–Crippen LogP) is 1.52. The molecular weight excluding hydrogens is 178 g/mol. The Bertz CT molecular complexity index is 253. The molecule has 0 saturated heterocycles. The molecule has 1 rings (SSSR count). The third-order valence-corrected chi connectivity index (χ3v) is 2.63. The molecule has 1 amide bonds. The first kappa shape index (κ1) is 11.2. The summed E-state index contributed by atoms with van der Waals surface area (Å²) in [5, 5.41) is 2.91. The highest BCUT2D eigenvalue weighted by Gasteiger charge is 2.40. The van der Waals surface area contributed by atoms with E-state index in [4.69, 9.17) is 0 Å². The maximum absolute atomic E-state index is 11.7. The summed E-state index contributed by atoms with van der Waals surface area (Å²) in [5.41, 5.74) is -0.200. The summed E-state index contributed by atoms with van der Waals surface area (Å²) in [6, 6.07) is 0. The molecule has 2 atom stereocenters. The van der Waals surface area contributed by atoms with Gasteiger partial charge in [0.15, 0.2) is 0 Å². The van der Waals surface area contributed by atoms with Crippen molar-refractivity contribution in [3.05, 3.63) is 0 Å². The Morgan fingerprint density at radius 2 is 1.64 bits per heavy atom. The Labute approximate surface area is 85.3 Å². The predicted molar refractivity (Wildman–Crippen MR) is 54.8 cm³/mol. The van der Waals surface area contributed by atoms with Gasteiger partial charge in [-0.2, -0.15) is 0 Å². The van der Waals surface area contributed by atoms with Crippen LogP contribution < -0.4 is 5.32 Å². The lowest BCUT2D eigenvalue weighted by atomic mass is 9.71. The summed E-state index contributed by atoms with van der Waals surface area (Å²) < 4.78 is 0. The van der Waals surface area contributed by atoms with Crippen LogP contribution in [0.4, 0.5) is 0 Å². The van der Waals surface area contributed by atoms with Crippen LogP contribution in [0.3, 0.4) is 0 Å². The van der Waals surface area contributed by atoms with Gasteiger partial charge in [-0.15, -0.1) is 0 Å². The molecule has 0 unspecified atom stereocenters. The number of nitrogens with one attached hydrogen (secondary N) is 1. The normalized spacial score (nSPS) is 26.6. The average molecular weight is 197 g/mol. The van der Waals surface area contributed by atoms with E-state index in [-0.39, 0.29) is 29.1 Å². The number of hydrogen-bond donors (Lipinski definition) is 1. The molecule has 1 N–H and O–H groups in total. The van der Waals surface area contributed by atoms with Crippen molar-refractivity contribution in [2.75, 3.05) is 0 Å². The molecule has 1 aliphatic carbocycles. The van der Waals surface area contributed by atoms with Crippen LogP contribution in [0.5, 0.6) is 0 Å². The molecule has 0 aromatic heterocycles. The fourth-order valence-corrected chi connectivity index (χ4v) is 1.76. The van der Waals surface area contributed by atoms with Gasteiger partial charge in [-0.1, -0.05) is 0 Å². The van der Waals surface area contributed by atoms with Crippen LogP contribution in [-0.4, -0.2) is 17.2 Å². The topological polar surface area (TPSA) is 46.2 Å². The van der Waals surface area contributed by atoms with E-state index in [1.807, 2.05) is 20.8 Å². The minimum absolute atomic E-state index is 0.0302. The van der Waals surface area contributed by atoms with Gasteiger partial charge in [0, 0.05) is 17.4 Å². The molecule has 0 heterocycles. The minimum atomic E-state index is -0.200. The first-order valence-corrected chi connectivity index (χ1v) is 5.14. The average Bonchev–Trinajstić information content (AvgIpc) is 1.75. The van der Waals surface area contributed by atoms with Crippen molar-refractivity contribution < 1.29 is 9.59 Å². The third-order valence-electron chi connectivity index (χ3n) is 2.63. The molecule has 1 saturated carbocycles. The van der Waals surface area contributed by atoms with Crippen molar-refractivity contribution >= 4 is 11.7 Å². The van der Waals surface area contributed by atoms with E-state index in [2.05, 4.69) is 5.32 Å². The quantitative estimate of drug-likeness (QED) is 0.729. The van der Waals surface area contributed by atoms with Crippen molar-refractivity contribution in [2.24, 2.45) is 11.8 Å². The second kappa shape index (κ2) is 3.71. The summed E-state index contributed by atoms with van der Waals surface area (Å²) >= 11 is 0. The lowest BCUT2D eigenvalue weighted by Gasteiger charge is -2.35. The number of carbonyl (C=O) groups is 2. The number of ketones is 1. The largest absolute Gasteiger partial charge is 0.351 e. The van der Waals surface area contributed by atoms with Gasteiger partial charge in [-0.25, -0.2) is 0 Å². The van der Waals surface area contributed by atoms with Gasteiger partial charge < -0.3 is 5.32 Å². The van der Waals surface area contributed by atoms with Crippen LogP contribution in [0.1, 0.15) is 40.5 Å². The zero-order valence-corrected chi connectivity index (χ0v) is 9.39. The van der Waals surface area contributed by atoms with Gasteiger partial charge in [-0.05, 0) is 40.5 Å². The first-order valence-electron chi connectivity index (χ1n) is 5.14. The molecule has 0 aromatic carbocycles. The van der Waals surface area contributed by atoms with E-state index in [1.165, 1.54) is 0 Å². The SMILES string of the molecule is CC(=O)[C@@H]1CC[C@@H]1C(=O)NC(C)(C)C. The highest BCUT2D eigenvalue weighted by atomic mass is 16.2. The van der Waals surface area contributed by atoms with E-state index in [0.29, 0.717) is 0 Å². The van der Waals surface area contributed by atoms with Crippen molar-refractivity contribution in [3.63, 3.8) is 0 Å². The van der Waals surface area contributed by atoms with Crippen LogP contribution in [0, 0.1) is 11.8 Å². The first-order chi connectivity index (χ1) is 6.31. The second-order valence-corrected chi connectivity index (χ2v) is 5.14. The van der Waals surface area contributed by atoms with Crippen LogP contribution in [0.25, 0.3) is 0 Å². The third kappa shape index (κ3) is 2.56. The van der Waals surface area contributed by atoms with E-state index < -0.39 is 0 Å². The molecule has 0 bridgehead atoms. The fraction of sp³-hybridized carbons (Fsp3) is 0.818. The van der Waals surface area contributed by atoms with E-state index in [1.54, 1.807) is 6.92 Å². The molecule has 3 nitrogen and oxygen atoms in total. The van der Waals surface area contributed by atoms with Gasteiger partial charge in [0.2, 0.25) is 5.91 Å². The Balaban J connectivity index is 2.51. The molecule has 0 spiro atoms. The molecular formula is C11H19NO2. The van der Waals surface area contributed by atoms with Crippen molar-refractivity contribution in [3.8, 4) is 0 Å². The number of hydrogen-bond acceptors (Lipinski definition) is 2. The zero-order chi connectivity index (χ0) is 10.9. The van der Waals surface area contributed by atoms with Crippen molar-refractivity contribution in [1.82, 2.24) is 5.32 Å². The Morgan fingerprint density at radius 1 is 1.14 bits per heavy atom. The van der Waals surface area contributed by atoms with Gasteiger partial charge >= 0.3 is 0 Å². The molecule has 0 aromatic rings. The molecule has 80 valence electrons. The smallest absolute Gasteiger partial charge is 0.224 e. The highest BCUT2D eigenvalue weighted by molar-refractivity contribution is 5.89. The number of Topliss-reactive ketones (excluding diaryl/α,β-unsaturated/α-hetero) is 1. The summed E-state index contributed by atoms with van der Waals surface area (Å²) in [6.07, 6.45) is 1.73. The van der Waals surface area contributed by atoms with Crippen LogP contribution in [-0.2, 0) is 9.59 Å². The number of carbonyl (C=O) groups excluding carboxylic acids is 2. The van der Waals surface area contributed by atoms with E-state index in [0.717, 1.165) is 12.8 Å². The van der Waals surface area contributed by atoms with Crippen molar-refractivity contribution in [2.45, 2.75) is 46.1 Å². The maximum atomic E-state index is 11.7. The fourth-order valence-electron chi connectivity index (χ4n) is 1.76. The van der Waals surface area contributed by atoms with Crippen LogP contribution >= 0.6 is 0 Å². The van der Waals surface area contributed by atoms with Crippen molar-refractivity contribution in [1.29, 1.82) is 0 Å². The Morgan fingerprint density at radius 3 is 1.93 bits per heavy atom. The summed E-state index contributed by atoms with van der Waals surface area (Å²) in [5.74, 6) is 0.0679. The number of amides is 1. The summed E-state index contributed by atoms with van der Waals surface area (Å²) in [4.78, 5) is 22.8. The lowest BCUT2D eigenvalue weighted by Crippen LogP contribution is -2.49. The van der Waals surface area contributed by atoms with Gasteiger partial charge in [-0.3, -0.25) is 9.59 Å². The van der Waals surface area contributed by atoms with Crippen LogP contribution in [0.2, 0.25) is 0 Å². The molecule has 1 fully saturated rings. The maximum Gasteiger partial charge on any atom is 0.224 e. The van der Waals surface area contributed by atoms with Gasteiger partial charge in [0.05, 0.1) is 0 Å². The Kier molecular flexibility index (Phi) is 2.98. The van der Waals surface area contributed by atoms with Gasteiger partial charge in [0.1, 0.15) is 5.78 Å². The molecule has 0 radical (unpaired) electrons. The molecule has 14 heavy (non-hydrogen) atoms. The van der Waals surface area contributed by atoms with E-state index in [9.17, 15) is 9.59 Å². The standard InChI is InChI=1S/C11H19NO2/c1-7(13)8-5-6-9(8)10(14)12-11(2,3)4/h8-9H,5-6H2,1-4H3,(H,12,14)/t8-,9-/m0/s1. The summed E-state index contributed by atoms with van der Waals surface area (Å²) in [6.45, 7) is 7.42. The molecule has 3 heteroatoms. The van der Waals surface area contributed by atoms with E-state index >= 15 is 0 Å². The Hall–Kier alpha value is -0.860. The molecule has 0 aliphatic heterocycles. The zero-order valence-electron chi connectivity index (χ0n) is 9.39. The second-order valence-electron chi connectivity index (χ2n) is 5.14. The summed E-state index contributed by atoms with van der Waals surface area (Å²) in [7, 11) is 0. The minimum Gasteiger partial charge on any atom is -0.351 e.